The van der Waals surface area contributed by atoms with Crippen LogP contribution in [0.4, 0.5) is 0 Å². The van der Waals surface area contributed by atoms with E-state index >= 15 is 0 Å². The van der Waals surface area contributed by atoms with Gasteiger partial charge in [0, 0.05) is 31.4 Å². The first-order chi connectivity index (χ1) is 15.1. The number of aromatic amines is 1. The van der Waals surface area contributed by atoms with Gasteiger partial charge in [0.05, 0.1) is 0 Å². The van der Waals surface area contributed by atoms with Crippen molar-refractivity contribution in [3.63, 3.8) is 0 Å². The molecule has 2 aliphatic heterocycles. The van der Waals surface area contributed by atoms with Crippen molar-refractivity contribution in [1.29, 1.82) is 0 Å². The van der Waals surface area contributed by atoms with E-state index in [1.807, 2.05) is 0 Å². The molecular formula is C17H19N5O8S2. The molecule has 32 heavy (non-hydrogen) atoms. The summed E-state index contributed by atoms with van der Waals surface area (Å²) in [6.45, 7) is 0. The van der Waals surface area contributed by atoms with Crippen LogP contribution in [0.15, 0.2) is 26.0 Å². The first kappa shape index (κ1) is 23.6. The molecule has 4 N–H and O–H groups in total. The molecule has 0 unspecified atom stereocenters. The number of rotatable bonds is 9. The molecule has 0 bridgehead atoms. The fourth-order valence-electron chi connectivity index (χ4n) is 3.18. The highest BCUT2D eigenvalue weighted by Gasteiger charge is 2.54. The molecule has 0 spiro atoms. The minimum Gasteiger partial charge on any atom is -0.481 e. The van der Waals surface area contributed by atoms with Gasteiger partial charge in [0.25, 0.3) is 5.91 Å². The van der Waals surface area contributed by atoms with Gasteiger partial charge in [-0.05, 0) is 12.0 Å². The number of fused-ring (bicyclic) bond motifs is 1. The van der Waals surface area contributed by atoms with Gasteiger partial charge in [-0.3, -0.25) is 38.7 Å². The highest BCUT2D eigenvalue weighted by Crippen LogP contribution is 2.41. The fraction of sp³-hybridized carbons (Fsp3) is 0.471. The third-order valence-corrected chi connectivity index (χ3v) is 7.14. The van der Waals surface area contributed by atoms with Crippen molar-refractivity contribution in [3.05, 3.63) is 32.0 Å². The summed E-state index contributed by atoms with van der Waals surface area (Å²) in [7, 11) is 1.48. The Hall–Kier alpha value is -3.07. The highest BCUT2D eigenvalue weighted by molar-refractivity contribution is 8.01. The topological polar surface area (TPSA) is 192 Å². The van der Waals surface area contributed by atoms with Crippen LogP contribution in [-0.4, -0.2) is 76.6 Å². The van der Waals surface area contributed by atoms with E-state index in [4.69, 9.17) is 5.11 Å². The van der Waals surface area contributed by atoms with Crippen LogP contribution in [0.2, 0.25) is 0 Å². The second kappa shape index (κ2) is 9.60. The van der Waals surface area contributed by atoms with Gasteiger partial charge in [-0.15, -0.1) is 11.8 Å². The predicted molar refractivity (Wildman–Crippen MR) is 112 cm³/mol. The van der Waals surface area contributed by atoms with Gasteiger partial charge in [-0.25, -0.2) is 4.79 Å². The average Bonchev–Trinajstić information content (AvgIpc) is 2.72. The summed E-state index contributed by atoms with van der Waals surface area (Å²) in [5, 5.41) is 22.8. The van der Waals surface area contributed by atoms with E-state index in [1.165, 1.54) is 23.5 Å². The van der Waals surface area contributed by atoms with Gasteiger partial charge < -0.3 is 15.5 Å². The van der Waals surface area contributed by atoms with E-state index in [2.05, 4.69) is 15.4 Å². The molecule has 15 heteroatoms. The van der Waals surface area contributed by atoms with Crippen molar-refractivity contribution in [1.82, 2.24) is 25.0 Å². The summed E-state index contributed by atoms with van der Waals surface area (Å²) in [5.74, 6) is -2.98. The first-order valence-corrected chi connectivity index (χ1v) is 11.3. The van der Waals surface area contributed by atoms with Crippen LogP contribution in [0.1, 0.15) is 19.3 Å². The molecule has 2 aliphatic rings. The number of H-pyrrole nitrogens is 1. The van der Waals surface area contributed by atoms with Crippen molar-refractivity contribution < 1.29 is 29.4 Å². The number of nitrogens with one attached hydrogen (secondary N) is 2. The number of amides is 2. The van der Waals surface area contributed by atoms with Crippen LogP contribution in [0.25, 0.3) is 0 Å². The Morgan fingerprint density at radius 2 is 1.97 bits per heavy atom. The zero-order valence-corrected chi connectivity index (χ0v) is 18.3. The number of carbonyl (C=O) groups is 4. The van der Waals surface area contributed by atoms with Crippen LogP contribution in [0.3, 0.4) is 0 Å². The van der Waals surface area contributed by atoms with E-state index in [-0.39, 0.29) is 41.6 Å². The lowest BCUT2D eigenvalue weighted by Gasteiger charge is -2.49. The smallest absolute Gasteiger partial charge is 0.352 e. The molecule has 1 fully saturated rings. The fourth-order valence-corrected chi connectivity index (χ4v) is 5.59. The molecule has 0 saturated carbocycles. The van der Waals surface area contributed by atoms with Crippen LogP contribution in [0, 0.1) is 0 Å². The van der Waals surface area contributed by atoms with E-state index < -0.39 is 46.3 Å². The normalized spacial score (nSPS) is 19.9. The van der Waals surface area contributed by atoms with Gasteiger partial charge in [0.2, 0.25) is 5.91 Å². The summed E-state index contributed by atoms with van der Waals surface area (Å²) in [6, 6.07) is -0.887. The molecule has 1 saturated heterocycles. The van der Waals surface area contributed by atoms with E-state index in [9.17, 15) is 33.9 Å². The van der Waals surface area contributed by atoms with Crippen LogP contribution < -0.4 is 16.4 Å². The second-order valence-corrected chi connectivity index (χ2v) is 9.00. The molecule has 172 valence electrons. The number of carboxylic acid groups (broad SMARTS) is 2. The quantitative estimate of drug-likeness (QED) is 0.182. The molecule has 1 aromatic rings. The Balaban J connectivity index is 1.70. The van der Waals surface area contributed by atoms with Gasteiger partial charge in [-0.1, -0.05) is 11.8 Å². The van der Waals surface area contributed by atoms with Gasteiger partial charge in [0.1, 0.15) is 17.1 Å². The third kappa shape index (κ3) is 4.88. The zero-order valence-electron chi connectivity index (χ0n) is 16.7. The van der Waals surface area contributed by atoms with Crippen molar-refractivity contribution in [2.24, 2.45) is 7.05 Å². The Bertz CT molecular complexity index is 1130. The SMILES string of the molecule is Cn1[nH]c(=O)c(=O)nc1SCC1=C(C(=O)O)N2C(=O)[C@@H](NC(=O)CCCC(=O)O)[C@H]2SC1. The number of carboxylic acids is 2. The van der Waals surface area contributed by atoms with Gasteiger partial charge in [-0.2, -0.15) is 4.98 Å². The highest BCUT2D eigenvalue weighted by atomic mass is 32.2. The molecule has 3 rings (SSSR count). The Morgan fingerprint density at radius 1 is 1.25 bits per heavy atom. The maximum Gasteiger partial charge on any atom is 0.352 e. The molecule has 0 aliphatic carbocycles. The minimum absolute atomic E-state index is 0.0537. The molecule has 3 heterocycles. The molecule has 2 atom stereocenters. The Kier molecular flexibility index (Phi) is 7.08. The summed E-state index contributed by atoms with van der Waals surface area (Å²) in [6.07, 6.45) is -0.0898. The average molecular weight is 486 g/mol. The van der Waals surface area contributed by atoms with Crippen molar-refractivity contribution in [2.75, 3.05) is 11.5 Å². The van der Waals surface area contributed by atoms with Gasteiger partial charge >= 0.3 is 23.1 Å². The molecule has 2 amide bonds. The van der Waals surface area contributed by atoms with E-state index in [1.54, 1.807) is 0 Å². The number of aliphatic carboxylic acids is 2. The summed E-state index contributed by atoms with van der Waals surface area (Å²) in [4.78, 5) is 74.6. The maximum atomic E-state index is 12.6. The zero-order chi connectivity index (χ0) is 23.6. The molecule has 13 nitrogen and oxygen atoms in total. The third-order valence-electron chi connectivity index (χ3n) is 4.68. The standard InChI is InChI=1S/C17H19N5O8S2/c1-21-17(19-12(26)13(27)20-21)32-6-7-5-31-15-10(14(28)22(15)11(7)16(29)30)18-8(23)3-2-4-9(24)25/h10,15H,2-6H2,1H3,(H,18,23)(H,20,27)(H,24,25)(H,29,30)/t10-,15-/m1/s1. The number of thioether (sulfide) groups is 2. The summed E-state index contributed by atoms with van der Waals surface area (Å²) in [5.41, 5.74) is -1.59. The number of nitrogens with zero attached hydrogens (tertiary/aromatic N) is 3. The molecular weight excluding hydrogens is 466 g/mol. The van der Waals surface area contributed by atoms with Crippen molar-refractivity contribution in [3.8, 4) is 0 Å². The van der Waals surface area contributed by atoms with Crippen LogP contribution in [0.5, 0.6) is 0 Å². The first-order valence-electron chi connectivity index (χ1n) is 9.31. The number of carbonyl (C=O) groups excluding carboxylic acids is 2. The predicted octanol–water partition coefficient (Wildman–Crippen LogP) is -1.45. The van der Waals surface area contributed by atoms with Gasteiger partial charge in [0.15, 0.2) is 5.16 Å². The minimum atomic E-state index is -1.30. The molecule has 0 radical (unpaired) electrons. The number of aromatic nitrogens is 3. The summed E-state index contributed by atoms with van der Waals surface area (Å²) < 4.78 is 1.25. The molecule has 1 aromatic heterocycles. The Morgan fingerprint density at radius 3 is 2.62 bits per heavy atom. The number of aryl methyl sites for hydroxylation is 1. The summed E-state index contributed by atoms with van der Waals surface area (Å²) >= 11 is 2.33. The van der Waals surface area contributed by atoms with Crippen molar-refractivity contribution >= 4 is 47.3 Å². The molecule has 0 aromatic carbocycles. The maximum absolute atomic E-state index is 12.6. The van der Waals surface area contributed by atoms with Crippen molar-refractivity contribution in [2.45, 2.75) is 35.8 Å². The second-order valence-electron chi connectivity index (χ2n) is 6.95. The lowest BCUT2D eigenvalue weighted by molar-refractivity contribution is -0.150. The van der Waals surface area contributed by atoms with Crippen LogP contribution in [-0.2, 0) is 26.2 Å². The van der Waals surface area contributed by atoms with Crippen LogP contribution >= 0.6 is 23.5 Å². The lowest BCUT2D eigenvalue weighted by atomic mass is 10.0. The number of hydrogen-bond donors (Lipinski definition) is 4. The Labute approximate surface area is 188 Å². The van der Waals surface area contributed by atoms with E-state index in [0.717, 1.165) is 16.7 Å². The van der Waals surface area contributed by atoms with E-state index in [0.29, 0.717) is 5.57 Å². The monoisotopic (exact) mass is 485 g/mol. The lowest BCUT2D eigenvalue weighted by Crippen LogP contribution is -2.70. The number of β-lactam (4-membered cyclic amide) rings is 1. The largest absolute Gasteiger partial charge is 0.481 e. The number of hydrogen-bond acceptors (Lipinski definition) is 9.